The Bertz CT molecular complexity index is 730. The lowest BCUT2D eigenvalue weighted by atomic mass is 10.2. The van der Waals surface area contributed by atoms with Gasteiger partial charge in [0.25, 0.3) is 0 Å². The molecule has 1 aliphatic heterocycles. The molecule has 1 saturated heterocycles. The summed E-state index contributed by atoms with van der Waals surface area (Å²) in [5.74, 6) is -0.0292. The summed E-state index contributed by atoms with van der Waals surface area (Å²) in [6.07, 6.45) is 0. The normalized spacial score (nSPS) is 18.5. The molecule has 0 bridgehead atoms. The first-order valence-corrected chi connectivity index (χ1v) is 8.11. The van der Waals surface area contributed by atoms with Crippen LogP contribution in [-0.4, -0.2) is 52.8 Å². The Labute approximate surface area is 140 Å². The van der Waals surface area contributed by atoms with Crippen LogP contribution in [0.4, 0.5) is 10.2 Å². The number of halogens is 1. The Balaban J connectivity index is 1.76. The molecule has 1 atom stereocenters. The SMILES string of the molecule is Cc1cc(NC(=O)CN2CCNC[C@@H]2C)n(-c2ccccc2F)n1. The Hall–Kier alpha value is -2.25. The molecule has 1 aromatic carbocycles. The van der Waals surface area contributed by atoms with E-state index < -0.39 is 0 Å². The summed E-state index contributed by atoms with van der Waals surface area (Å²) in [4.78, 5) is 14.5. The first kappa shape index (κ1) is 16.6. The van der Waals surface area contributed by atoms with Crippen LogP contribution in [0.25, 0.3) is 5.69 Å². The van der Waals surface area contributed by atoms with Crippen molar-refractivity contribution >= 4 is 11.7 Å². The number of piperazine rings is 1. The van der Waals surface area contributed by atoms with E-state index in [0.717, 1.165) is 19.6 Å². The molecule has 1 aromatic heterocycles. The number of nitrogens with one attached hydrogen (secondary N) is 2. The predicted molar refractivity (Wildman–Crippen MR) is 90.8 cm³/mol. The highest BCUT2D eigenvalue weighted by atomic mass is 19.1. The minimum absolute atomic E-state index is 0.124. The van der Waals surface area contributed by atoms with Crippen molar-refractivity contribution in [1.29, 1.82) is 0 Å². The molecule has 0 radical (unpaired) electrons. The number of benzene rings is 1. The molecular formula is C17H22FN5O. The lowest BCUT2D eigenvalue weighted by molar-refractivity contribution is -0.118. The van der Waals surface area contributed by atoms with Crippen molar-refractivity contribution in [2.24, 2.45) is 0 Å². The van der Waals surface area contributed by atoms with Gasteiger partial charge in [0.2, 0.25) is 5.91 Å². The minimum Gasteiger partial charge on any atom is -0.314 e. The largest absolute Gasteiger partial charge is 0.314 e. The smallest absolute Gasteiger partial charge is 0.239 e. The van der Waals surface area contributed by atoms with Gasteiger partial charge >= 0.3 is 0 Å². The van der Waals surface area contributed by atoms with Crippen molar-refractivity contribution < 1.29 is 9.18 Å². The van der Waals surface area contributed by atoms with E-state index in [1.807, 2.05) is 6.92 Å². The molecule has 1 amide bonds. The van der Waals surface area contributed by atoms with Crippen molar-refractivity contribution in [3.05, 3.63) is 41.8 Å². The third kappa shape index (κ3) is 3.63. The summed E-state index contributed by atoms with van der Waals surface area (Å²) in [5.41, 5.74) is 1.03. The molecule has 1 fully saturated rings. The lowest BCUT2D eigenvalue weighted by Gasteiger charge is -2.33. The quantitative estimate of drug-likeness (QED) is 0.892. The second-order valence-corrected chi connectivity index (χ2v) is 6.11. The van der Waals surface area contributed by atoms with Crippen LogP contribution in [0.2, 0.25) is 0 Å². The summed E-state index contributed by atoms with van der Waals surface area (Å²) in [7, 11) is 0. The fourth-order valence-corrected chi connectivity index (χ4v) is 2.88. The highest BCUT2D eigenvalue weighted by molar-refractivity contribution is 5.91. The van der Waals surface area contributed by atoms with Crippen LogP contribution in [0.3, 0.4) is 0 Å². The van der Waals surface area contributed by atoms with Crippen LogP contribution < -0.4 is 10.6 Å². The highest BCUT2D eigenvalue weighted by Crippen LogP contribution is 2.19. The molecule has 7 heteroatoms. The van der Waals surface area contributed by atoms with Gasteiger partial charge in [0, 0.05) is 31.7 Å². The van der Waals surface area contributed by atoms with Crippen molar-refractivity contribution in [2.75, 3.05) is 31.5 Å². The maximum atomic E-state index is 14.0. The van der Waals surface area contributed by atoms with Gasteiger partial charge < -0.3 is 10.6 Å². The maximum absolute atomic E-state index is 14.0. The second kappa shape index (κ2) is 7.11. The van der Waals surface area contributed by atoms with E-state index in [1.165, 1.54) is 10.7 Å². The van der Waals surface area contributed by atoms with Gasteiger partial charge in [-0.2, -0.15) is 5.10 Å². The van der Waals surface area contributed by atoms with Gasteiger partial charge in [-0.05, 0) is 26.0 Å². The fraction of sp³-hybridized carbons (Fsp3) is 0.412. The summed E-state index contributed by atoms with van der Waals surface area (Å²) in [5, 5.41) is 10.5. The third-order valence-electron chi connectivity index (χ3n) is 4.17. The Kier molecular flexibility index (Phi) is 4.92. The molecule has 128 valence electrons. The van der Waals surface area contributed by atoms with Crippen molar-refractivity contribution in [3.63, 3.8) is 0 Å². The number of para-hydroxylation sites is 1. The van der Waals surface area contributed by atoms with Crippen LogP contribution in [0.15, 0.2) is 30.3 Å². The molecule has 2 heterocycles. The molecule has 0 saturated carbocycles. The van der Waals surface area contributed by atoms with Crippen molar-refractivity contribution in [1.82, 2.24) is 20.0 Å². The zero-order valence-corrected chi connectivity index (χ0v) is 13.9. The first-order chi connectivity index (χ1) is 11.5. The molecule has 0 unspecified atom stereocenters. The number of aryl methyl sites for hydroxylation is 1. The average molecular weight is 331 g/mol. The van der Waals surface area contributed by atoms with Crippen LogP contribution in [0, 0.1) is 12.7 Å². The van der Waals surface area contributed by atoms with Crippen LogP contribution in [0.1, 0.15) is 12.6 Å². The van der Waals surface area contributed by atoms with Gasteiger partial charge in [0.05, 0.1) is 12.2 Å². The van der Waals surface area contributed by atoms with E-state index in [2.05, 4.69) is 27.6 Å². The van der Waals surface area contributed by atoms with Gasteiger partial charge in [-0.25, -0.2) is 9.07 Å². The van der Waals surface area contributed by atoms with Crippen molar-refractivity contribution in [3.8, 4) is 5.69 Å². The molecule has 0 spiro atoms. The Morgan fingerprint density at radius 1 is 1.46 bits per heavy atom. The van der Waals surface area contributed by atoms with Crippen LogP contribution in [-0.2, 0) is 4.79 Å². The molecule has 3 rings (SSSR count). The number of hydrogen-bond acceptors (Lipinski definition) is 4. The summed E-state index contributed by atoms with van der Waals surface area (Å²) in [6, 6.07) is 8.42. The van der Waals surface area contributed by atoms with E-state index >= 15 is 0 Å². The van der Waals surface area contributed by atoms with Crippen LogP contribution in [0.5, 0.6) is 0 Å². The molecule has 24 heavy (non-hydrogen) atoms. The molecule has 1 aliphatic rings. The van der Waals surface area contributed by atoms with E-state index in [4.69, 9.17) is 0 Å². The Morgan fingerprint density at radius 2 is 2.25 bits per heavy atom. The molecular weight excluding hydrogens is 309 g/mol. The minimum atomic E-state index is -0.383. The van der Waals surface area contributed by atoms with Crippen molar-refractivity contribution in [2.45, 2.75) is 19.9 Å². The maximum Gasteiger partial charge on any atom is 0.239 e. The Morgan fingerprint density at radius 3 is 3.00 bits per heavy atom. The fourth-order valence-electron chi connectivity index (χ4n) is 2.88. The average Bonchev–Trinajstić information content (AvgIpc) is 2.90. The van der Waals surface area contributed by atoms with Gasteiger partial charge in [0.1, 0.15) is 17.3 Å². The summed E-state index contributed by atoms with van der Waals surface area (Å²) in [6.45, 7) is 6.80. The first-order valence-electron chi connectivity index (χ1n) is 8.11. The molecule has 2 aromatic rings. The van der Waals surface area contributed by atoms with Crippen LogP contribution >= 0.6 is 0 Å². The standard InChI is InChI=1S/C17H22FN5O/c1-12-9-16(23(21-12)15-6-4-3-5-14(15)18)20-17(24)11-22-8-7-19-10-13(22)2/h3-6,9,13,19H,7-8,10-11H2,1-2H3,(H,20,24)/t13-/m0/s1. The third-order valence-corrected chi connectivity index (χ3v) is 4.17. The summed E-state index contributed by atoms with van der Waals surface area (Å²) < 4.78 is 15.5. The van der Waals surface area contributed by atoms with E-state index in [9.17, 15) is 9.18 Å². The monoisotopic (exact) mass is 331 g/mol. The number of nitrogens with zero attached hydrogens (tertiary/aromatic N) is 3. The molecule has 2 N–H and O–H groups in total. The number of hydrogen-bond donors (Lipinski definition) is 2. The highest BCUT2D eigenvalue weighted by Gasteiger charge is 2.21. The number of aromatic nitrogens is 2. The predicted octanol–water partition coefficient (Wildman–Crippen LogP) is 1.55. The van der Waals surface area contributed by atoms with Gasteiger partial charge in [0.15, 0.2) is 0 Å². The van der Waals surface area contributed by atoms with Gasteiger partial charge in [-0.3, -0.25) is 9.69 Å². The topological polar surface area (TPSA) is 62.2 Å². The van der Waals surface area contributed by atoms with E-state index in [-0.39, 0.29) is 11.7 Å². The number of anilines is 1. The van der Waals surface area contributed by atoms with E-state index in [0.29, 0.717) is 29.8 Å². The molecule has 0 aliphatic carbocycles. The van der Waals surface area contributed by atoms with E-state index in [1.54, 1.807) is 24.3 Å². The number of amides is 1. The number of carbonyl (C=O) groups excluding carboxylic acids is 1. The van der Waals surface area contributed by atoms with Gasteiger partial charge in [-0.1, -0.05) is 12.1 Å². The van der Waals surface area contributed by atoms with Gasteiger partial charge in [-0.15, -0.1) is 0 Å². The molecule has 6 nitrogen and oxygen atoms in total. The number of rotatable bonds is 4. The zero-order valence-electron chi connectivity index (χ0n) is 13.9. The second-order valence-electron chi connectivity index (χ2n) is 6.11. The zero-order chi connectivity index (χ0) is 17.1. The summed E-state index contributed by atoms with van der Waals surface area (Å²) >= 11 is 0. The number of carbonyl (C=O) groups is 1. The lowest BCUT2D eigenvalue weighted by Crippen LogP contribution is -2.52.